The molecule has 9 heteroatoms. The van der Waals surface area contributed by atoms with Crippen LogP contribution in [0.2, 0.25) is 0 Å². The number of fused-ring (bicyclic) bond motifs is 1. The van der Waals surface area contributed by atoms with E-state index in [1.165, 1.54) is 32.1 Å². The van der Waals surface area contributed by atoms with Crippen molar-refractivity contribution in [3.05, 3.63) is 6.33 Å². The number of aliphatic hydroxyl groups excluding tert-OH is 1. The van der Waals surface area contributed by atoms with Gasteiger partial charge in [-0.15, -0.1) is 0 Å². The molecular formula is C26H44N8O. The Hall–Kier alpha value is -1.97. The summed E-state index contributed by atoms with van der Waals surface area (Å²) in [6.07, 6.45) is 16.6. The minimum atomic E-state index is 0.307. The van der Waals surface area contributed by atoms with Gasteiger partial charge in [-0.2, -0.15) is 9.97 Å². The molecule has 0 radical (unpaired) electrons. The Morgan fingerprint density at radius 1 is 0.886 bits per heavy atom. The number of aliphatic hydroxyl groups is 1. The van der Waals surface area contributed by atoms with E-state index in [1.54, 1.807) is 0 Å². The van der Waals surface area contributed by atoms with Crippen LogP contribution in [0.5, 0.6) is 0 Å². The first-order valence-electron chi connectivity index (χ1n) is 14.1. The lowest BCUT2D eigenvalue weighted by Crippen LogP contribution is -2.39. The molecule has 2 aromatic rings. The van der Waals surface area contributed by atoms with Crippen LogP contribution in [0, 0.1) is 0 Å². The molecule has 0 aromatic carbocycles. The molecule has 3 heterocycles. The number of unbranched alkanes of at least 4 members (excludes halogenated alkanes) is 2. The Balaban J connectivity index is 1.29. The monoisotopic (exact) mass is 484 g/mol. The molecule has 0 bridgehead atoms. The number of nitrogens with one attached hydrogen (secondary N) is 2. The first kappa shape index (κ1) is 24.7. The molecule has 3 aliphatic rings. The van der Waals surface area contributed by atoms with Gasteiger partial charge in [0.05, 0.1) is 6.33 Å². The number of imidazole rings is 1. The van der Waals surface area contributed by atoms with Crippen molar-refractivity contribution in [2.75, 3.05) is 36.9 Å². The highest BCUT2D eigenvalue weighted by molar-refractivity contribution is 5.84. The number of nitrogens with zero attached hydrogens (tertiary/aromatic N) is 5. The van der Waals surface area contributed by atoms with Crippen molar-refractivity contribution in [3.8, 4) is 0 Å². The van der Waals surface area contributed by atoms with Crippen LogP contribution in [-0.2, 0) is 0 Å². The lowest BCUT2D eigenvalue weighted by molar-refractivity contribution is 0.211. The van der Waals surface area contributed by atoms with Crippen LogP contribution in [0.1, 0.15) is 89.5 Å². The van der Waals surface area contributed by atoms with E-state index >= 15 is 0 Å². The fourth-order valence-electron chi connectivity index (χ4n) is 6.10. The smallest absolute Gasteiger partial charge is 0.227 e. The Bertz CT molecular complexity index is 927. The zero-order valence-corrected chi connectivity index (χ0v) is 21.2. The van der Waals surface area contributed by atoms with E-state index in [4.69, 9.17) is 25.8 Å². The molecule has 5 rings (SSSR count). The highest BCUT2D eigenvalue weighted by Gasteiger charge is 2.26. The van der Waals surface area contributed by atoms with E-state index in [2.05, 4.69) is 20.1 Å². The van der Waals surface area contributed by atoms with E-state index < -0.39 is 0 Å². The lowest BCUT2D eigenvalue weighted by Gasteiger charge is -2.32. The molecule has 5 N–H and O–H groups in total. The van der Waals surface area contributed by atoms with Crippen LogP contribution >= 0.6 is 0 Å². The summed E-state index contributed by atoms with van der Waals surface area (Å²) < 4.78 is 2.30. The van der Waals surface area contributed by atoms with Crippen molar-refractivity contribution in [2.45, 2.75) is 108 Å². The molecule has 9 nitrogen and oxygen atoms in total. The maximum absolute atomic E-state index is 8.99. The zero-order chi connectivity index (χ0) is 24.0. The first-order valence-corrected chi connectivity index (χ1v) is 14.1. The highest BCUT2D eigenvalue weighted by atomic mass is 16.2. The predicted molar refractivity (Wildman–Crippen MR) is 141 cm³/mol. The minimum Gasteiger partial charge on any atom is -0.396 e. The second kappa shape index (κ2) is 11.8. The van der Waals surface area contributed by atoms with Crippen LogP contribution in [0.4, 0.5) is 11.8 Å². The van der Waals surface area contributed by atoms with E-state index in [1.807, 2.05) is 6.33 Å². The quantitative estimate of drug-likeness (QED) is 0.378. The van der Waals surface area contributed by atoms with Crippen LogP contribution in [-0.4, -0.2) is 73.9 Å². The number of piperidine rings is 1. The normalized spacial score (nSPS) is 24.9. The van der Waals surface area contributed by atoms with Gasteiger partial charge in [-0.25, -0.2) is 4.98 Å². The SMILES string of the molecule is NC1CCC(Nc2nc(NC3CCN(CCCCCO)CC3)c3ncn(C4CCCC4)c3n2)CC1. The number of hydrogen-bond donors (Lipinski definition) is 4. The summed E-state index contributed by atoms with van der Waals surface area (Å²) in [5, 5.41) is 16.4. The maximum Gasteiger partial charge on any atom is 0.227 e. The molecular weight excluding hydrogens is 440 g/mol. The second-order valence-corrected chi connectivity index (χ2v) is 11.0. The summed E-state index contributed by atoms with van der Waals surface area (Å²) in [5.74, 6) is 1.60. The van der Waals surface area contributed by atoms with Crippen molar-refractivity contribution in [2.24, 2.45) is 5.73 Å². The summed E-state index contributed by atoms with van der Waals surface area (Å²) in [5.41, 5.74) is 7.99. The molecule has 0 unspecified atom stereocenters. The van der Waals surface area contributed by atoms with Crippen molar-refractivity contribution in [1.82, 2.24) is 24.4 Å². The van der Waals surface area contributed by atoms with Crippen molar-refractivity contribution in [1.29, 1.82) is 0 Å². The van der Waals surface area contributed by atoms with Gasteiger partial charge in [-0.1, -0.05) is 12.8 Å². The maximum atomic E-state index is 8.99. The number of nitrogens with two attached hydrogens (primary N) is 1. The van der Waals surface area contributed by atoms with Crippen molar-refractivity contribution < 1.29 is 5.11 Å². The summed E-state index contributed by atoms with van der Waals surface area (Å²) in [6.45, 7) is 3.65. The standard InChI is InChI=1S/C26H44N8O/c27-19-8-10-20(11-9-19)30-26-31-24(23-25(32-26)34(18-28-23)22-6-2-3-7-22)29-21-12-15-33(16-13-21)14-4-1-5-17-35/h18-22,35H,1-17,27H2,(H2,29,30,31,32). The predicted octanol–water partition coefficient (Wildman–Crippen LogP) is 3.66. The molecule has 0 atom stereocenters. The van der Waals surface area contributed by atoms with Crippen LogP contribution in [0.15, 0.2) is 6.33 Å². The van der Waals surface area contributed by atoms with Gasteiger partial charge in [0.1, 0.15) is 0 Å². The third-order valence-corrected chi connectivity index (χ3v) is 8.31. The Kier molecular flexibility index (Phi) is 8.36. The molecule has 2 aromatic heterocycles. The molecule has 1 aliphatic heterocycles. The van der Waals surface area contributed by atoms with Gasteiger partial charge in [-0.05, 0) is 77.2 Å². The van der Waals surface area contributed by atoms with E-state index in [0.29, 0.717) is 30.8 Å². The first-order chi connectivity index (χ1) is 17.2. The van der Waals surface area contributed by atoms with Crippen LogP contribution in [0.3, 0.4) is 0 Å². The van der Waals surface area contributed by atoms with Crippen LogP contribution < -0.4 is 16.4 Å². The molecule has 194 valence electrons. The van der Waals surface area contributed by atoms with Crippen molar-refractivity contribution in [3.63, 3.8) is 0 Å². The molecule has 35 heavy (non-hydrogen) atoms. The largest absolute Gasteiger partial charge is 0.396 e. The Morgan fingerprint density at radius 2 is 1.63 bits per heavy atom. The third kappa shape index (κ3) is 6.24. The second-order valence-electron chi connectivity index (χ2n) is 11.0. The fourth-order valence-corrected chi connectivity index (χ4v) is 6.10. The van der Waals surface area contributed by atoms with Crippen LogP contribution in [0.25, 0.3) is 11.2 Å². The molecule has 1 saturated heterocycles. The summed E-state index contributed by atoms with van der Waals surface area (Å²) in [4.78, 5) is 17.3. The third-order valence-electron chi connectivity index (χ3n) is 8.31. The fraction of sp³-hybridized carbons (Fsp3) is 0.808. The lowest BCUT2D eigenvalue weighted by atomic mass is 9.92. The minimum absolute atomic E-state index is 0.307. The van der Waals surface area contributed by atoms with E-state index in [9.17, 15) is 0 Å². The summed E-state index contributed by atoms with van der Waals surface area (Å²) in [7, 11) is 0. The van der Waals surface area contributed by atoms with Gasteiger partial charge >= 0.3 is 0 Å². The number of aromatic nitrogens is 4. The molecule has 2 saturated carbocycles. The van der Waals surface area contributed by atoms with E-state index in [0.717, 1.165) is 93.9 Å². The highest BCUT2D eigenvalue weighted by Crippen LogP contribution is 2.34. The number of likely N-dealkylation sites (tertiary alicyclic amines) is 1. The molecule has 0 spiro atoms. The molecule has 2 aliphatic carbocycles. The Morgan fingerprint density at radius 3 is 2.37 bits per heavy atom. The van der Waals surface area contributed by atoms with Gasteiger partial charge in [-0.3, -0.25) is 0 Å². The molecule has 3 fully saturated rings. The van der Waals surface area contributed by atoms with Gasteiger partial charge in [0.25, 0.3) is 0 Å². The van der Waals surface area contributed by atoms with Gasteiger partial charge in [0, 0.05) is 43.9 Å². The zero-order valence-electron chi connectivity index (χ0n) is 21.2. The summed E-state index contributed by atoms with van der Waals surface area (Å²) in [6, 6.07) is 1.62. The number of rotatable bonds is 10. The Labute approximate surface area is 209 Å². The van der Waals surface area contributed by atoms with Gasteiger partial charge < -0.3 is 30.9 Å². The average molecular weight is 485 g/mol. The topological polar surface area (TPSA) is 117 Å². The number of hydrogen-bond acceptors (Lipinski definition) is 8. The average Bonchev–Trinajstić information content (AvgIpc) is 3.54. The van der Waals surface area contributed by atoms with Crippen molar-refractivity contribution >= 4 is 22.9 Å². The van der Waals surface area contributed by atoms with Gasteiger partial charge in [0.15, 0.2) is 17.0 Å². The molecule has 0 amide bonds. The number of anilines is 2. The summed E-state index contributed by atoms with van der Waals surface area (Å²) >= 11 is 0. The van der Waals surface area contributed by atoms with E-state index in [-0.39, 0.29) is 0 Å². The van der Waals surface area contributed by atoms with Gasteiger partial charge in [0.2, 0.25) is 5.95 Å².